The molecular weight excluding hydrogens is 348 g/mol. The van der Waals surface area contributed by atoms with Gasteiger partial charge < -0.3 is 15.8 Å². The Morgan fingerprint density at radius 2 is 2.08 bits per heavy atom. The first-order chi connectivity index (χ1) is 12.7. The van der Waals surface area contributed by atoms with Crippen molar-refractivity contribution < 1.29 is 9.53 Å². The van der Waals surface area contributed by atoms with Crippen LogP contribution in [-0.2, 0) is 0 Å². The van der Waals surface area contributed by atoms with E-state index in [-0.39, 0.29) is 18.1 Å². The number of nitrogens with one attached hydrogen (secondary N) is 1. The van der Waals surface area contributed by atoms with E-state index in [1.807, 2.05) is 30.3 Å². The minimum Gasteiger partial charge on any atom is -0.490 e. The first kappa shape index (κ1) is 16.8. The van der Waals surface area contributed by atoms with E-state index in [4.69, 9.17) is 10.5 Å². The lowest BCUT2D eigenvalue weighted by molar-refractivity contribution is 0.0890. The average molecular weight is 368 g/mol. The highest BCUT2D eigenvalue weighted by Gasteiger charge is 2.24. The zero-order valence-electron chi connectivity index (χ0n) is 14.2. The van der Waals surface area contributed by atoms with Gasteiger partial charge in [-0.3, -0.25) is 9.78 Å². The first-order valence-corrected chi connectivity index (χ1v) is 9.58. The summed E-state index contributed by atoms with van der Waals surface area (Å²) in [6.07, 6.45) is 5.58. The molecule has 1 aliphatic carbocycles. The summed E-state index contributed by atoms with van der Waals surface area (Å²) in [5.74, 6) is 0.722. The van der Waals surface area contributed by atoms with Gasteiger partial charge in [0.25, 0.3) is 5.91 Å². The van der Waals surface area contributed by atoms with Gasteiger partial charge in [-0.1, -0.05) is 6.07 Å². The molecule has 1 amide bonds. The van der Waals surface area contributed by atoms with E-state index in [1.165, 1.54) is 11.3 Å². The molecule has 0 radical (unpaired) electrons. The summed E-state index contributed by atoms with van der Waals surface area (Å²) in [6, 6.07) is 10.1. The Labute approximate surface area is 155 Å². The molecule has 3 aromatic rings. The highest BCUT2D eigenvalue weighted by Crippen LogP contribution is 2.26. The minimum atomic E-state index is -0.149. The third-order valence-corrected chi connectivity index (χ3v) is 5.32. The summed E-state index contributed by atoms with van der Waals surface area (Å²) < 4.78 is 6.14. The second-order valence-corrected chi connectivity index (χ2v) is 7.38. The van der Waals surface area contributed by atoms with Crippen molar-refractivity contribution in [1.29, 1.82) is 0 Å². The highest BCUT2D eigenvalue weighted by atomic mass is 32.1. The monoisotopic (exact) mass is 368 g/mol. The van der Waals surface area contributed by atoms with E-state index in [9.17, 15) is 4.79 Å². The molecule has 0 unspecified atom stereocenters. The lowest BCUT2D eigenvalue weighted by atomic mass is 9.93. The number of carbonyl (C=O) groups is 1. The number of fused-ring (bicyclic) bond motifs is 1. The summed E-state index contributed by atoms with van der Waals surface area (Å²) in [6.45, 7) is 0. The molecule has 0 saturated heterocycles. The number of anilines is 1. The molecule has 1 fully saturated rings. The van der Waals surface area contributed by atoms with Crippen molar-refractivity contribution in [3.8, 4) is 5.75 Å². The zero-order chi connectivity index (χ0) is 17.9. The van der Waals surface area contributed by atoms with Gasteiger partial charge in [0, 0.05) is 23.0 Å². The lowest BCUT2D eigenvalue weighted by Gasteiger charge is -2.29. The second-order valence-electron chi connectivity index (χ2n) is 6.49. The van der Waals surface area contributed by atoms with Gasteiger partial charge >= 0.3 is 0 Å². The summed E-state index contributed by atoms with van der Waals surface area (Å²) in [4.78, 5) is 20.5. The smallest absolute Gasteiger partial charge is 0.271 e. The van der Waals surface area contributed by atoms with Crippen molar-refractivity contribution >= 4 is 33.3 Å². The van der Waals surface area contributed by atoms with Gasteiger partial charge in [0.15, 0.2) is 5.13 Å². The van der Waals surface area contributed by atoms with Gasteiger partial charge in [0.05, 0.1) is 11.6 Å². The molecule has 1 aromatic carbocycles. The molecule has 0 aliphatic heterocycles. The number of nitrogen functional groups attached to an aromatic ring is 1. The SMILES string of the molecule is Nc1nc(C(=O)NC2CCC(Oc3ccc4ncccc4c3)CC2)cs1. The number of hydrogen-bond donors (Lipinski definition) is 2. The molecule has 3 N–H and O–H groups in total. The molecule has 2 heterocycles. The molecule has 2 aromatic heterocycles. The molecule has 1 aliphatic rings. The number of hydrogen-bond acceptors (Lipinski definition) is 6. The predicted octanol–water partition coefficient (Wildman–Crippen LogP) is 3.39. The molecule has 0 atom stereocenters. The Kier molecular flexibility index (Phi) is 4.71. The topological polar surface area (TPSA) is 90.1 Å². The summed E-state index contributed by atoms with van der Waals surface area (Å²) >= 11 is 1.28. The quantitative estimate of drug-likeness (QED) is 0.737. The zero-order valence-corrected chi connectivity index (χ0v) is 15.0. The van der Waals surface area contributed by atoms with Crippen molar-refractivity contribution in [3.05, 3.63) is 47.6 Å². The van der Waals surface area contributed by atoms with Gasteiger partial charge in [-0.15, -0.1) is 11.3 Å². The van der Waals surface area contributed by atoms with E-state index >= 15 is 0 Å². The molecule has 26 heavy (non-hydrogen) atoms. The number of amides is 1. The Morgan fingerprint density at radius 3 is 2.85 bits per heavy atom. The van der Waals surface area contributed by atoms with Crippen LogP contribution in [-0.4, -0.2) is 28.0 Å². The lowest BCUT2D eigenvalue weighted by Crippen LogP contribution is -2.39. The van der Waals surface area contributed by atoms with Gasteiger partial charge in [0.1, 0.15) is 11.4 Å². The Hall–Kier alpha value is -2.67. The number of carbonyl (C=O) groups excluding carboxylic acids is 1. The fourth-order valence-corrected chi connectivity index (χ4v) is 3.84. The number of benzene rings is 1. The largest absolute Gasteiger partial charge is 0.490 e. The molecular formula is C19H20N4O2S. The van der Waals surface area contributed by atoms with Gasteiger partial charge in [-0.05, 0) is 49.9 Å². The third-order valence-electron chi connectivity index (χ3n) is 4.64. The third kappa shape index (κ3) is 3.77. The molecule has 7 heteroatoms. The summed E-state index contributed by atoms with van der Waals surface area (Å²) in [5.41, 5.74) is 6.95. The first-order valence-electron chi connectivity index (χ1n) is 8.71. The van der Waals surface area contributed by atoms with Crippen LogP contribution in [0.25, 0.3) is 10.9 Å². The van der Waals surface area contributed by atoms with Crippen LogP contribution in [0.5, 0.6) is 5.75 Å². The van der Waals surface area contributed by atoms with E-state index in [2.05, 4.69) is 15.3 Å². The van der Waals surface area contributed by atoms with Crippen molar-refractivity contribution in [3.63, 3.8) is 0 Å². The van der Waals surface area contributed by atoms with Gasteiger partial charge in [-0.2, -0.15) is 0 Å². The standard InChI is InChI=1S/C19H20N4O2S/c20-19-23-17(11-26-19)18(24)22-13-3-5-14(6-4-13)25-15-7-8-16-12(10-15)2-1-9-21-16/h1-2,7-11,13-14H,3-6H2,(H2,20,23)(H,22,24). The van der Waals surface area contributed by atoms with Crippen LogP contribution >= 0.6 is 11.3 Å². The van der Waals surface area contributed by atoms with Gasteiger partial charge in [0.2, 0.25) is 0 Å². The average Bonchev–Trinajstić information content (AvgIpc) is 3.10. The highest BCUT2D eigenvalue weighted by molar-refractivity contribution is 7.13. The van der Waals surface area contributed by atoms with Crippen LogP contribution in [0.15, 0.2) is 41.9 Å². The van der Waals surface area contributed by atoms with Crippen molar-refractivity contribution in [1.82, 2.24) is 15.3 Å². The number of ether oxygens (including phenoxy) is 1. The van der Waals surface area contributed by atoms with Gasteiger partial charge in [-0.25, -0.2) is 4.98 Å². The number of nitrogens with two attached hydrogens (primary N) is 1. The number of thiazole rings is 1. The number of nitrogens with zero attached hydrogens (tertiary/aromatic N) is 2. The Balaban J connectivity index is 1.31. The Bertz CT molecular complexity index is 919. The van der Waals surface area contributed by atoms with E-state index in [0.29, 0.717) is 10.8 Å². The predicted molar refractivity (Wildman–Crippen MR) is 102 cm³/mol. The molecule has 0 bridgehead atoms. The van der Waals surface area contributed by atoms with Crippen LogP contribution < -0.4 is 15.8 Å². The molecule has 6 nitrogen and oxygen atoms in total. The van der Waals surface area contributed by atoms with Crippen LogP contribution in [0.4, 0.5) is 5.13 Å². The van der Waals surface area contributed by atoms with Crippen LogP contribution in [0, 0.1) is 0 Å². The Morgan fingerprint density at radius 1 is 1.23 bits per heavy atom. The van der Waals surface area contributed by atoms with E-state index in [0.717, 1.165) is 42.3 Å². The normalized spacial score (nSPS) is 20.0. The molecule has 0 spiro atoms. The van der Waals surface area contributed by atoms with Crippen LogP contribution in [0.3, 0.4) is 0 Å². The second kappa shape index (κ2) is 7.29. The van der Waals surface area contributed by atoms with E-state index in [1.54, 1.807) is 11.6 Å². The number of pyridine rings is 1. The van der Waals surface area contributed by atoms with E-state index < -0.39 is 0 Å². The van der Waals surface area contributed by atoms with Crippen molar-refractivity contribution in [2.75, 3.05) is 5.73 Å². The fraction of sp³-hybridized carbons (Fsp3) is 0.316. The fourth-order valence-electron chi connectivity index (χ4n) is 3.30. The maximum atomic E-state index is 12.2. The number of aromatic nitrogens is 2. The van der Waals surface area contributed by atoms with Crippen LogP contribution in [0.2, 0.25) is 0 Å². The molecule has 134 valence electrons. The molecule has 1 saturated carbocycles. The van der Waals surface area contributed by atoms with Crippen molar-refractivity contribution in [2.45, 2.75) is 37.8 Å². The maximum absolute atomic E-state index is 12.2. The maximum Gasteiger partial charge on any atom is 0.271 e. The molecule has 4 rings (SSSR count). The van der Waals surface area contributed by atoms with Crippen LogP contribution in [0.1, 0.15) is 36.2 Å². The summed E-state index contributed by atoms with van der Waals surface area (Å²) in [5, 5.41) is 6.22. The van der Waals surface area contributed by atoms with Crippen molar-refractivity contribution in [2.24, 2.45) is 0 Å². The summed E-state index contributed by atoms with van der Waals surface area (Å²) in [7, 11) is 0. The minimum absolute atomic E-state index is 0.149. The number of rotatable bonds is 4.